The Morgan fingerprint density at radius 1 is 1.26 bits per heavy atom. The van der Waals surface area contributed by atoms with Gasteiger partial charge in [-0.2, -0.15) is 4.99 Å². The molecule has 0 aliphatic carbocycles. The summed E-state index contributed by atoms with van der Waals surface area (Å²) in [5.74, 6) is 3.75. The third-order valence-corrected chi connectivity index (χ3v) is 6.50. The summed E-state index contributed by atoms with van der Waals surface area (Å²) in [6.07, 6.45) is 2.79. The number of benzene rings is 2. The van der Waals surface area contributed by atoms with Crippen molar-refractivity contribution < 1.29 is 57.5 Å². The topological polar surface area (TPSA) is 157 Å². The van der Waals surface area contributed by atoms with Gasteiger partial charge in [-0.1, -0.05) is 42.3 Å². The molecule has 1 aliphatic heterocycles. The van der Waals surface area contributed by atoms with Crippen molar-refractivity contribution in [2.24, 2.45) is 10.7 Å². The van der Waals surface area contributed by atoms with E-state index >= 15 is 0 Å². The van der Waals surface area contributed by atoms with Crippen molar-refractivity contribution in [2.45, 2.75) is 37.0 Å². The van der Waals surface area contributed by atoms with Gasteiger partial charge in [-0.3, -0.25) is 0 Å². The molecule has 11 heteroatoms. The Hall–Kier alpha value is -2.52. The first-order valence-electron chi connectivity index (χ1n) is 10.6. The first-order valence-corrected chi connectivity index (χ1v) is 12.1. The van der Waals surface area contributed by atoms with Crippen molar-refractivity contribution in [2.75, 3.05) is 6.73 Å². The number of fused-ring (bicyclic) bond motifs is 1. The van der Waals surface area contributed by atoms with E-state index in [1.807, 2.05) is 12.1 Å². The summed E-state index contributed by atoms with van der Waals surface area (Å²) < 4.78 is 41.1. The van der Waals surface area contributed by atoms with Gasteiger partial charge in [-0.15, -0.1) is 0 Å². The number of aliphatic imine (C=N–C) groups is 1. The van der Waals surface area contributed by atoms with Crippen LogP contribution in [0.3, 0.4) is 0 Å². The monoisotopic (exact) mass is 507 g/mol. The molecule has 1 aliphatic rings. The van der Waals surface area contributed by atoms with Gasteiger partial charge in [-0.05, 0) is 48.6 Å². The van der Waals surface area contributed by atoms with Gasteiger partial charge >= 0.3 is 29.6 Å². The summed E-state index contributed by atoms with van der Waals surface area (Å²) in [5, 5.41) is 21.2. The fraction of sp³-hybridized carbons (Fsp3) is 0.292. The quantitative estimate of drug-likeness (QED) is 0.148. The maximum absolute atomic E-state index is 11.8. The van der Waals surface area contributed by atoms with Crippen LogP contribution < -0.4 is 45.3 Å². The molecular formula is C24H26N3NaO6S. The molecule has 180 valence electrons. The van der Waals surface area contributed by atoms with Crippen LogP contribution in [0.15, 0.2) is 59.6 Å². The zero-order valence-corrected chi connectivity index (χ0v) is 22.2. The number of hydrogen-bond donors (Lipinski definition) is 4. The van der Waals surface area contributed by atoms with Crippen molar-refractivity contribution in [3.05, 3.63) is 71.3 Å². The molecule has 2 aromatic carbocycles. The molecule has 2 aromatic rings. The van der Waals surface area contributed by atoms with E-state index in [0.29, 0.717) is 24.2 Å². The minimum atomic E-state index is -4.54. The Labute approximate surface area is 227 Å². The summed E-state index contributed by atoms with van der Waals surface area (Å²) in [5.41, 5.74) is 7.82. The number of nitrogens with two attached hydrogens (primary N) is 1. The molecule has 0 fully saturated rings. The molecule has 5 N–H and O–H groups in total. The van der Waals surface area contributed by atoms with Crippen LogP contribution in [-0.4, -0.2) is 41.1 Å². The second kappa shape index (κ2) is 13.5. The number of nitrogens with zero attached hydrogens (tertiary/aromatic N) is 1. The number of aliphatic hydroxyl groups excluding tert-OH is 1. The van der Waals surface area contributed by atoms with Crippen LogP contribution >= 0.6 is 0 Å². The Morgan fingerprint density at radius 3 is 2.71 bits per heavy atom. The Morgan fingerprint density at radius 2 is 2.00 bits per heavy atom. The maximum Gasteiger partial charge on any atom is 1.00 e. The molecule has 0 bridgehead atoms. The van der Waals surface area contributed by atoms with Crippen LogP contribution in [-0.2, 0) is 23.0 Å². The van der Waals surface area contributed by atoms with E-state index < -0.39 is 21.5 Å². The SMILES string of the molecule is NC1=NC#CCc2cc(CC[C@H](C/C=C/[C@@H](O)c3ccc(O)cc3)S(=O)(=O)[O-])ccc2OCN1.[Na+]. The van der Waals surface area contributed by atoms with E-state index in [9.17, 15) is 23.2 Å². The Balaban J connectivity index is 0.00000432. The number of rotatable bonds is 8. The maximum atomic E-state index is 11.8. The molecule has 0 saturated carbocycles. The van der Waals surface area contributed by atoms with Crippen molar-refractivity contribution in [3.8, 4) is 23.5 Å². The van der Waals surface area contributed by atoms with Crippen LogP contribution in [0.1, 0.15) is 35.6 Å². The summed E-state index contributed by atoms with van der Waals surface area (Å²) in [6.45, 7) is 0.127. The van der Waals surface area contributed by atoms with E-state index in [1.165, 1.54) is 24.3 Å². The Bertz CT molecular complexity index is 1220. The number of hydrogen-bond acceptors (Lipinski definition) is 9. The van der Waals surface area contributed by atoms with Crippen LogP contribution in [0.2, 0.25) is 0 Å². The molecule has 2 atom stereocenters. The number of ether oxygens (including phenoxy) is 1. The molecule has 0 spiro atoms. The fourth-order valence-electron chi connectivity index (χ4n) is 3.38. The van der Waals surface area contributed by atoms with Crippen LogP contribution in [0, 0.1) is 12.0 Å². The van der Waals surface area contributed by atoms with Gasteiger partial charge in [-0.25, -0.2) is 8.42 Å². The molecule has 3 rings (SSSR count). The van der Waals surface area contributed by atoms with Gasteiger partial charge < -0.3 is 30.6 Å². The van der Waals surface area contributed by atoms with E-state index in [1.54, 1.807) is 18.2 Å². The van der Waals surface area contributed by atoms with Gasteiger partial charge in [0.2, 0.25) is 5.96 Å². The summed E-state index contributed by atoms with van der Waals surface area (Å²) in [7, 11) is -4.54. The van der Waals surface area contributed by atoms with Crippen LogP contribution in [0.4, 0.5) is 0 Å². The van der Waals surface area contributed by atoms with Crippen molar-refractivity contribution >= 4 is 16.1 Å². The van der Waals surface area contributed by atoms with Crippen molar-refractivity contribution in [1.82, 2.24) is 5.32 Å². The second-order valence-corrected chi connectivity index (χ2v) is 9.38. The number of aryl methyl sites for hydroxylation is 1. The third-order valence-electron chi connectivity index (χ3n) is 5.26. The molecule has 0 aromatic heterocycles. The molecule has 0 unspecified atom stereocenters. The molecule has 0 radical (unpaired) electrons. The third kappa shape index (κ3) is 9.22. The Kier molecular flexibility index (Phi) is 11.1. The molecule has 35 heavy (non-hydrogen) atoms. The zero-order valence-electron chi connectivity index (χ0n) is 19.3. The minimum Gasteiger partial charge on any atom is -0.748 e. The van der Waals surface area contributed by atoms with Gasteiger partial charge in [0, 0.05) is 18.0 Å². The molecule has 9 nitrogen and oxygen atoms in total. The predicted octanol–water partition coefficient (Wildman–Crippen LogP) is -1.32. The average molecular weight is 508 g/mol. The fourth-order valence-corrected chi connectivity index (χ4v) is 4.13. The molecular weight excluding hydrogens is 481 g/mol. The first-order chi connectivity index (χ1) is 16.2. The first kappa shape index (κ1) is 28.7. The minimum absolute atomic E-state index is 0. The average Bonchev–Trinajstić information content (AvgIpc) is 2.79. The second-order valence-electron chi connectivity index (χ2n) is 7.72. The zero-order chi connectivity index (χ0) is 24.6. The standard InChI is InChI=1S/C24H27N3O6S.Na/c25-24-26-14-2-3-19-15-17(7-13-23(19)33-16-27-24)6-12-21(34(30,31)32)4-1-5-22(29)18-8-10-20(28)11-9-18;/h1,5,7-11,13,15,21-22,28-29H,3-4,6,12,16H2,(H3,25,26,27)(H,30,31,32);/q;+1/p-1/b5-1+;/t21-,22+;/m0./s1. The number of phenols is 1. The summed E-state index contributed by atoms with van der Waals surface area (Å²) in [4.78, 5) is 3.84. The number of phenolic OH excluding ortho intramolecular Hbond substituents is 1. The summed E-state index contributed by atoms with van der Waals surface area (Å²) in [6, 6.07) is 14.1. The number of aromatic hydroxyl groups is 1. The van der Waals surface area contributed by atoms with E-state index in [2.05, 4.69) is 22.3 Å². The predicted molar refractivity (Wildman–Crippen MR) is 127 cm³/mol. The normalized spacial score (nSPS) is 15.2. The van der Waals surface area contributed by atoms with Crippen LogP contribution in [0.5, 0.6) is 11.5 Å². The van der Waals surface area contributed by atoms with Gasteiger partial charge in [0.15, 0.2) is 6.73 Å². The molecule has 0 amide bonds. The van der Waals surface area contributed by atoms with Crippen molar-refractivity contribution in [3.63, 3.8) is 0 Å². The largest absolute Gasteiger partial charge is 1.00 e. The van der Waals surface area contributed by atoms with Crippen LogP contribution in [0.25, 0.3) is 0 Å². The van der Waals surface area contributed by atoms with Gasteiger partial charge in [0.1, 0.15) is 11.5 Å². The summed E-state index contributed by atoms with van der Waals surface area (Å²) >= 11 is 0. The van der Waals surface area contributed by atoms with Crippen molar-refractivity contribution in [1.29, 1.82) is 0 Å². The molecule has 0 saturated heterocycles. The van der Waals surface area contributed by atoms with E-state index in [0.717, 1.165) is 11.1 Å². The smallest absolute Gasteiger partial charge is 0.748 e. The molecule has 1 heterocycles. The van der Waals surface area contributed by atoms with E-state index in [-0.39, 0.29) is 60.8 Å². The van der Waals surface area contributed by atoms with Gasteiger partial charge in [0.05, 0.1) is 21.5 Å². The number of nitrogens with one attached hydrogen (secondary N) is 1. The number of allylic oxidation sites excluding steroid dienone is 1. The number of aliphatic hydroxyl groups is 1. The number of guanidine groups is 1. The van der Waals surface area contributed by atoms with Gasteiger partial charge in [0.25, 0.3) is 0 Å². The van der Waals surface area contributed by atoms with E-state index in [4.69, 9.17) is 10.5 Å².